The van der Waals surface area contributed by atoms with E-state index < -0.39 is 0 Å². The van der Waals surface area contributed by atoms with Crippen molar-refractivity contribution < 1.29 is 14.6 Å². The zero-order valence-electron chi connectivity index (χ0n) is 12.5. The van der Waals surface area contributed by atoms with Gasteiger partial charge in [-0.3, -0.25) is 0 Å². The Morgan fingerprint density at radius 3 is 2.50 bits per heavy atom. The number of nitrogens with one attached hydrogen (secondary N) is 2. The van der Waals surface area contributed by atoms with Crippen LogP contribution < -0.4 is 15.4 Å². The average Bonchev–Trinajstić information content (AvgIpc) is 2.39. The number of hydrogen-bond acceptors (Lipinski definition) is 3. The van der Waals surface area contributed by atoms with Crippen LogP contribution in [0.5, 0.6) is 5.75 Å². The van der Waals surface area contributed by atoms with Crippen molar-refractivity contribution in [3.63, 3.8) is 0 Å². The van der Waals surface area contributed by atoms with E-state index in [2.05, 4.69) is 10.6 Å². The molecule has 1 aromatic rings. The smallest absolute Gasteiger partial charge is 0.319 e. The number of rotatable bonds is 6. The van der Waals surface area contributed by atoms with Crippen molar-refractivity contribution in [2.45, 2.75) is 39.8 Å². The van der Waals surface area contributed by atoms with Crippen LogP contribution in [-0.2, 0) is 0 Å². The van der Waals surface area contributed by atoms with Gasteiger partial charge in [-0.05, 0) is 38.8 Å². The molecule has 5 heteroatoms. The normalized spacial score (nSPS) is 13.7. The Morgan fingerprint density at radius 1 is 1.25 bits per heavy atom. The van der Waals surface area contributed by atoms with Crippen molar-refractivity contribution in [3.05, 3.63) is 24.3 Å². The van der Waals surface area contributed by atoms with Crippen LogP contribution in [0.3, 0.4) is 0 Å². The molecule has 0 bridgehead atoms. The average molecular weight is 280 g/mol. The van der Waals surface area contributed by atoms with E-state index in [1.165, 1.54) is 0 Å². The highest BCUT2D eigenvalue weighted by atomic mass is 16.5. The summed E-state index contributed by atoms with van der Waals surface area (Å²) in [5.74, 6) is 0.642. The lowest BCUT2D eigenvalue weighted by atomic mass is 10.1. The van der Waals surface area contributed by atoms with Gasteiger partial charge in [0.15, 0.2) is 0 Å². The molecule has 1 aromatic carbocycles. The molecule has 20 heavy (non-hydrogen) atoms. The third-order valence-corrected chi connectivity index (χ3v) is 3.00. The molecule has 0 aliphatic rings. The molecule has 0 fully saturated rings. The number of carbonyl (C=O) groups excluding carboxylic acids is 1. The summed E-state index contributed by atoms with van der Waals surface area (Å²) in [6.07, 6.45) is 0.0364. The van der Waals surface area contributed by atoms with Gasteiger partial charge in [-0.2, -0.15) is 0 Å². The lowest BCUT2D eigenvalue weighted by molar-refractivity contribution is 0.204. The summed E-state index contributed by atoms with van der Waals surface area (Å²) in [6.45, 7) is 7.63. The highest BCUT2D eigenvalue weighted by molar-refractivity contribution is 5.91. The van der Waals surface area contributed by atoms with E-state index in [0.29, 0.717) is 11.4 Å². The molecular formula is C15H24N2O3. The summed E-state index contributed by atoms with van der Waals surface area (Å²) >= 11 is 0. The molecule has 0 heterocycles. The Labute approximate surface area is 120 Å². The molecule has 0 aliphatic heterocycles. The Hall–Kier alpha value is -1.75. The molecule has 0 aliphatic carbocycles. The predicted octanol–water partition coefficient (Wildman–Crippen LogP) is 2.61. The number of urea groups is 1. The first-order valence-corrected chi connectivity index (χ1v) is 6.88. The van der Waals surface area contributed by atoms with Crippen LogP contribution in [0.15, 0.2) is 24.3 Å². The monoisotopic (exact) mass is 280 g/mol. The van der Waals surface area contributed by atoms with Crippen LogP contribution in [0, 0.1) is 5.92 Å². The molecule has 2 amide bonds. The molecule has 0 saturated heterocycles. The Morgan fingerprint density at radius 2 is 1.90 bits per heavy atom. The van der Waals surface area contributed by atoms with Gasteiger partial charge in [0, 0.05) is 12.6 Å². The SMILES string of the molecule is CC(C)Oc1ccccc1NC(=O)NC(C)C(C)CO. The van der Waals surface area contributed by atoms with Gasteiger partial charge in [-0.1, -0.05) is 19.1 Å². The fourth-order valence-electron chi connectivity index (χ4n) is 1.59. The van der Waals surface area contributed by atoms with Crippen molar-refractivity contribution in [1.82, 2.24) is 5.32 Å². The summed E-state index contributed by atoms with van der Waals surface area (Å²) in [6, 6.07) is 6.88. The van der Waals surface area contributed by atoms with Crippen LogP contribution in [0.4, 0.5) is 10.5 Å². The Bertz CT molecular complexity index is 435. The highest BCUT2D eigenvalue weighted by Crippen LogP contribution is 2.24. The summed E-state index contributed by atoms with van der Waals surface area (Å²) in [5, 5.41) is 14.6. The third kappa shape index (κ3) is 5.09. The van der Waals surface area contributed by atoms with Crippen molar-refractivity contribution >= 4 is 11.7 Å². The molecule has 0 saturated carbocycles. The van der Waals surface area contributed by atoms with Crippen molar-refractivity contribution in [2.24, 2.45) is 5.92 Å². The second kappa shape index (κ2) is 7.75. The number of anilines is 1. The van der Waals surface area contributed by atoms with E-state index in [1.807, 2.05) is 45.9 Å². The minimum atomic E-state index is -0.308. The largest absolute Gasteiger partial charge is 0.489 e. The van der Waals surface area contributed by atoms with Crippen LogP contribution in [0.1, 0.15) is 27.7 Å². The maximum absolute atomic E-state index is 11.9. The van der Waals surface area contributed by atoms with Crippen molar-refractivity contribution in [3.8, 4) is 5.75 Å². The minimum absolute atomic E-state index is 0.00269. The van der Waals surface area contributed by atoms with Crippen LogP contribution >= 0.6 is 0 Å². The molecule has 112 valence electrons. The zero-order chi connectivity index (χ0) is 15.1. The van der Waals surface area contributed by atoms with E-state index in [4.69, 9.17) is 9.84 Å². The molecular weight excluding hydrogens is 256 g/mol. The van der Waals surface area contributed by atoms with Gasteiger partial charge in [0.05, 0.1) is 11.8 Å². The van der Waals surface area contributed by atoms with E-state index in [1.54, 1.807) is 6.07 Å². The predicted molar refractivity (Wildman–Crippen MR) is 80.1 cm³/mol. The molecule has 0 radical (unpaired) electrons. The Balaban J connectivity index is 2.66. The Kier molecular flexibility index (Phi) is 6.31. The quantitative estimate of drug-likeness (QED) is 0.750. The number of benzene rings is 1. The van der Waals surface area contributed by atoms with E-state index in [-0.39, 0.29) is 30.7 Å². The second-order valence-corrected chi connectivity index (χ2v) is 5.21. The lowest BCUT2D eigenvalue weighted by Gasteiger charge is -2.20. The third-order valence-electron chi connectivity index (χ3n) is 3.00. The summed E-state index contributed by atoms with van der Waals surface area (Å²) in [5.41, 5.74) is 0.627. The van der Waals surface area contributed by atoms with Gasteiger partial charge in [0.25, 0.3) is 0 Å². The van der Waals surface area contributed by atoms with Crippen LogP contribution in [-0.4, -0.2) is 29.9 Å². The first-order chi connectivity index (χ1) is 9.43. The topological polar surface area (TPSA) is 70.6 Å². The molecule has 1 rings (SSSR count). The van der Waals surface area contributed by atoms with Gasteiger partial charge >= 0.3 is 6.03 Å². The zero-order valence-corrected chi connectivity index (χ0v) is 12.5. The van der Waals surface area contributed by atoms with Crippen LogP contribution in [0.25, 0.3) is 0 Å². The van der Waals surface area contributed by atoms with Crippen LogP contribution in [0.2, 0.25) is 0 Å². The van der Waals surface area contributed by atoms with E-state index in [0.717, 1.165) is 0 Å². The number of ether oxygens (including phenoxy) is 1. The second-order valence-electron chi connectivity index (χ2n) is 5.21. The number of aliphatic hydroxyl groups excluding tert-OH is 1. The van der Waals surface area contributed by atoms with Gasteiger partial charge in [0.1, 0.15) is 5.75 Å². The maximum Gasteiger partial charge on any atom is 0.319 e. The summed E-state index contributed by atoms with van der Waals surface area (Å²) < 4.78 is 5.64. The number of carbonyl (C=O) groups is 1. The number of aliphatic hydroxyl groups is 1. The lowest BCUT2D eigenvalue weighted by Crippen LogP contribution is -2.40. The molecule has 5 nitrogen and oxygen atoms in total. The molecule has 0 aromatic heterocycles. The maximum atomic E-state index is 11.9. The molecule has 0 spiro atoms. The fraction of sp³-hybridized carbons (Fsp3) is 0.533. The number of hydrogen-bond donors (Lipinski definition) is 3. The molecule has 2 atom stereocenters. The standard InChI is InChI=1S/C15H24N2O3/c1-10(2)20-14-8-6-5-7-13(14)17-15(19)16-12(4)11(3)9-18/h5-8,10-12,18H,9H2,1-4H3,(H2,16,17,19). The fourth-order valence-corrected chi connectivity index (χ4v) is 1.59. The minimum Gasteiger partial charge on any atom is -0.489 e. The first-order valence-electron chi connectivity index (χ1n) is 6.88. The van der Waals surface area contributed by atoms with E-state index >= 15 is 0 Å². The molecule has 3 N–H and O–H groups in total. The van der Waals surface area contributed by atoms with E-state index in [9.17, 15) is 4.79 Å². The van der Waals surface area contributed by atoms with Gasteiger partial charge < -0.3 is 20.5 Å². The number of amides is 2. The molecule has 2 unspecified atom stereocenters. The van der Waals surface area contributed by atoms with Gasteiger partial charge in [0.2, 0.25) is 0 Å². The highest BCUT2D eigenvalue weighted by Gasteiger charge is 2.15. The first kappa shape index (κ1) is 16.3. The number of para-hydroxylation sites is 2. The summed E-state index contributed by atoms with van der Waals surface area (Å²) in [7, 11) is 0. The van der Waals surface area contributed by atoms with Gasteiger partial charge in [-0.25, -0.2) is 4.79 Å². The van der Waals surface area contributed by atoms with Crippen molar-refractivity contribution in [2.75, 3.05) is 11.9 Å². The van der Waals surface area contributed by atoms with Gasteiger partial charge in [-0.15, -0.1) is 0 Å². The summed E-state index contributed by atoms with van der Waals surface area (Å²) in [4.78, 5) is 11.9. The van der Waals surface area contributed by atoms with Crippen molar-refractivity contribution in [1.29, 1.82) is 0 Å².